The first kappa shape index (κ1) is 18.2. The van der Waals surface area contributed by atoms with Crippen LogP contribution in [-0.4, -0.2) is 34.9 Å². The Balaban J connectivity index is 2.16. The number of rotatable bonds is 5. The van der Waals surface area contributed by atoms with Gasteiger partial charge in [-0.1, -0.05) is 30.3 Å². The third-order valence-corrected chi connectivity index (χ3v) is 3.03. The van der Waals surface area contributed by atoms with E-state index in [1.807, 2.05) is 0 Å². The molecule has 0 aliphatic carbocycles. The summed E-state index contributed by atoms with van der Waals surface area (Å²) in [6.45, 7) is -1.82. The average molecular weight is 354 g/mol. The standard InChI is InChI=1S/C16H13F3N2O4/c17-16(18,19)10-21(13-7-6-12(8-20-13)14(22)23)15(24)25-9-11-4-2-1-3-5-11/h1-8H,9-10H2,(H,22,23). The zero-order chi connectivity index (χ0) is 18.4. The van der Waals surface area contributed by atoms with Crippen LogP contribution >= 0.6 is 0 Å². The van der Waals surface area contributed by atoms with Gasteiger partial charge < -0.3 is 9.84 Å². The van der Waals surface area contributed by atoms with Crippen molar-refractivity contribution in [2.75, 3.05) is 11.4 Å². The summed E-state index contributed by atoms with van der Waals surface area (Å²) in [6, 6.07) is 10.5. The van der Waals surface area contributed by atoms with Gasteiger partial charge in [0.05, 0.1) is 5.56 Å². The van der Waals surface area contributed by atoms with Gasteiger partial charge in [0.15, 0.2) is 0 Å². The van der Waals surface area contributed by atoms with Crippen LogP contribution in [0.2, 0.25) is 0 Å². The molecule has 0 saturated carbocycles. The second-order valence-electron chi connectivity index (χ2n) is 4.95. The Morgan fingerprint density at radius 1 is 1.12 bits per heavy atom. The Kier molecular flexibility index (Phi) is 5.58. The average Bonchev–Trinajstić information content (AvgIpc) is 2.58. The lowest BCUT2D eigenvalue weighted by atomic mass is 10.2. The highest BCUT2D eigenvalue weighted by Crippen LogP contribution is 2.22. The molecular weight excluding hydrogens is 341 g/mol. The van der Waals surface area contributed by atoms with Gasteiger partial charge >= 0.3 is 18.2 Å². The van der Waals surface area contributed by atoms with Crippen LogP contribution < -0.4 is 4.90 Å². The summed E-state index contributed by atoms with van der Waals surface area (Å²) >= 11 is 0. The molecular formula is C16H13F3N2O4. The van der Waals surface area contributed by atoms with E-state index in [0.717, 1.165) is 18.3 Å². The fourth-order valence-electron chi connectivity index (χ4n) is 1.89. The summed E-state index contributed by atoms with van der Waals surface area (Å²) < 4.78 is 43.2. The second kappa shape index (κ2) is 7.65. The van der Waals surface area contributed by atoms with Crippen molar-refractivity contribution >= 4 is 17.9 Å². The summed E-state index contributed by atoms with van der Waals surface area (Å²) in [4.78, 5) is 26.7. The van der Waals surface area contributed by atoms with Crippen LogP contribution in [0.5, 0.6) is 0 Å². The van der Waals surface area contributed by atoms with Gasteiger partial charge in [-0.05, 0) is 17.7 Å². The van der Waals surface area contributed by atoms with Crippen molar-refractivity contribution in [2.24, 2.45) is 0 Å². The zero-order valence-corrected chi connectivity index (χ0v) is 12.7. The molecule has 0 saturated heterocycles. The number of hydrogen-bond donors (Lipinski definition) is 1. The molecule has 0 radical (unpaired) electrons. The number of aromatic nitrogens is 1. The zero-order valence-electron chi connectivity index (χ0n) is 12.7. The van der Waals surface area contributed by atoms with Crippen molar-refractivity contribution in [3.63, 3.8) is 0 Å². The summed E-state index contributed by atoms with van der Waals surface area (Å²) in [7, 11) is 0. The maximum Gasteiger partial charge on any atom is 0.416 e. The van der Waals surface area contributed by atoms with Crippen molar-refractivity contribution in [1.82, 2.24) is 4.98 Å². The number of ether oxygens (including phenoxy) is 1. The van der Waals surface area contributed by atoms with E-state index >= 15 is 0 Å². The number of carboxylic acids is 1. The molecule has 1 N–H and O–H groups in total. The minimum absolute atomic E-state index is 0.207. The molecule has 0 bridgehead atoms. The van der Waals surface area contributed by atoms with E-state index in [1.165, 1.54) is 0 Å². The van der Waals surface area contributed by atoms with E-state index < -0.39 is 24.8 Å². The minimum atomic E-state index is -4.68. The molecule has 2 rings (SSSR count). The molecule has 1 heterocycles. The number of hydrogen-bond acceptors (Lipinski definition) is 4. The highest BCUT2D eigenvalue weighted by atomic mass is 19.4. The molecule has 2 aromatic rings. The summed E-state index contributed by atoms with van der Waals surface area (Å²) in [5.41, 5.74) is 0.394. The number of anilines is 1. The van der Waals surface area contributed by atoms with Gasteiger partial charge in [0.2, 0.25) is 0 Å². The van der Waals surface area contributed by atoms with Crippen molar-refractivity contribution in [1.29, 1.82) is 0 Å². The number of amides is 1. The van der Waals surface area contributed by atoms with Crippen LogP contribution in [0.3, 0.4) is 0 Å². The van der Waals surface area contributed by atoms with Gasteiger partial charge in [-0.2, -0.15) is 13.2 Å². The first-order valence-corrected chi connectivity index (χ1v) is 7.00. The molecule has 1 aromatic heterocycles. The Morgan fingerprint density at radius 2 is 1.80 bits per heavy atom. The Labute approximate surface area is 140 Å². The smallest absolute Gasteiger partial charge is 0.416 e. The van der Waals surface area contributed by atoms with E-state index in [4.69, 9.17) is 9.84 Å². The highest BCUT2D eigenvalue weighted by Gasteiger charge is 2.35. The molecule has 132 valence electrons. The Morgan fingerprint density at radius 3 is 2.32 bits per heavy atom. The SMILES string of the molecule is O=C(O)c1ccc(N(CC(F)(F)F)C(=O)OCc2ccccc2)nc1. The van der Waals surface area contributed by atoms with E-state index in [-0.39, 0.29) is 18.0 Å². The fraction of sp³-hybridized carbons (Fsp3) is 0.188. The molecule has 0 spiro atoms. The predicted molar refractivity (Wildman–Crippen MR) is 81.2 cm³/mol. The summed E-state index contributed by atoms with van der Waals surface area (Å²) in [5, 5.41) is 8.80. The van der Waals surface area contributed by atoms with Crippen molar-refractivity contribution in [2.45, 2.75) is 12.8 Å². The van der Waals surface area contributed by atoms with Gasteiger partial charge in [-0.15, -0.1) is 0 Å². The summed E-state index contributed by atoms with van der Waals surface area (Å²) in [6.07, 6.45) is -5.05. The van der Waals surface area contributed by atoms with Crippen molar-refractivity contribution < 1.29 is 32.6 Å². The van der Waals surface area contributed by atoms with Gasteiger partial charge in [-0.25, -0.2) is 14.6 Å². The van der Waals surface area contributed by atoms with Crippen LogP contribution in [0.25, 0.3) is 0 Å². The van der Waals surface area contributed by atoms with E-state index in [9.17, 15) is 22.8 Å². The number of alkyl halides is 3. The molecule has 9 heteroatoms. The third-order valence-electron chi connectivity index (χ3n) is 3.03. The number of carboxylic acid groups (broad SMARTS) is 1. The van der Waals surface area contributed by atoms with E-state index in [1.54, 1.807) is 30.3 Å². The van der Waals surface area contributed by atoms with Crippen LogP contribution in [-0.2, 0) is 11.3 Å². The maximum atomic E-state index is 12.8. The number of pyridine rings is 1. The molecule has 0 aliphatic rings. The molecule has 1 amide bonds. The quantitative estimate of drug-likeness (QED) is 0.889. The van der Waals surface area contributed by atoms with Crippen LogP contribution in [0, 0.1) is 0 Å². The first-order chi connectivity index (χ1) is 11.8. The minimum Gasteiger partial charge on any atom is -0.478 e. The van der Waals surface area contributed by atoms with Crippen LogP contribution in [0.15, 0.2) is 48.7 Å². The van der Waals surface area contributed by atoms with Gasteiger partial charge in [0, 0.05) is 6.20 Å². The predicted octanol–water partition coefficient (Wildman–Crippen LogP) is 3.49. The van der Waals surface area contributed by atoms with Crippen LogP contribution in [0.1, 0.15) is 15.9 Å². The van der Waals surface area contributed by atoms with Crippen molar-refractivity contribution in [3.8, 4) is 0 Å². The highest BCUT2D eigenvalue weighted by molar-refractivity contribution is 5.89. The lowest BCUT2D eigenvalue weighted by molar-refractivity contribution is -0.119. The molecule has 0 aliphatic heterocycles. The topological polar surface area (TPSA) is 79.7 Å². The number of halogens is 3. The monoisotopic (exact) mass is 354 g/mol. The fourth-order valence-corrected chi connectivity index (χ4v) is 1.89. The maximum absolute atomic E-state index is 12.8. The lowest BCUT2D eigenvalue weighted by Gasteiger charge is -2.22. The molecule has 0 atom stereocenters. The molecule has 0 unspecified atom stereocenters. The first-order valence-electron chi connectivity index (χ1n) is 7.00. The van der Waals surface area contributed by atoms with Gasteiger partial charge in [0.25, 0.3) is 0 Å². The van der Waals surface area contributed by atoms with Gasteiger partial charge in [-0.3, -0.25) is 4.90 Å². The molecule has 0 fully saturated rings. The Hall–Kier alpha value is -3.10. The largest absolute Gasteiger partial charge is 0.478 e. The molecule has 25 heavy (non-hydrogen) atoms. The number of carbonyl (C=O) groups is 2. The molecule has 1 aromatic carbocycles. The number of carbonyl (C=O) groups excluding carboxylic acids is 1. The lowest BCUT2D eigenvalue weighted by Crippen LogP contribution is -2.40. The number of benzene rings is 1. The third kappa shape index (κ3) is 5.48. The normalized spacial score (nSPS) is 11.0. The van der Waals surface area contributed by atoms with Crippen molar-refractivity contribution in [3.05, 3.63) is 59.8 Å². The van der Waals surface area contributed by atoms with Crippen LogP contribution in [0.4, 0.5) is 23.8 Å². The number of aromatic carboxylic acids is 1. The molecule has 6 nitrogen and oxygen atoms in total. The second-order valence-corrected chi connectivity index (χ2v) is 4.95. The number of nitrogens with zero attached hydrogens (tertiary/aromatic N) is 2. The van der Waals surface area contributed by atoms with Gasteiger partial charge in [0.1, 0.15) is 19.0 Å². The van der Waals surface area contributed by atoms with E-state index in [0.29, 0.717) is 10.5 Å². The Bertz CT molecular complexity index is 733. The summed E-state index contributed by atoms with van der Waals surface area (Å²) in [5.74, 6) is -1.64. The van der Waals surface area contributed by atoms with E-state index in [2.05, 4.69) is 4.98 Å².